The highest BCUT2D eigenvalue weighted by Gasteiger charge is 2.06. The molecular weight excluding hydrogens is 260 g/mol. The number of benzene rings is 1. The Hall–Kier alpha value is -1.75. The number of rotatable bonds is 5. The van der Waals surface area contributed by atoms with Crippen molar-refractivity contribution in [2.24, 2.45) is 0 Å². The molecule has 1 amide bonds. The highest BCUT2D eigenvalue weighted by atomic mass is 32.2. The maximum absolute atomic E-state index is 11.7. The zero-order valence-electron chi connectivity index (χ0n) is 11.0. The molecule has 0 atom stereocenters. The smallest absolute Gasteiger partial charge is 0.226 e. The summed E-state index contributed by atoms with van der Waals surface area (Å²) in [7, 11) is 0. The van der Waals surface area contributed by atoms with Gasteiger partial charge in [0.15, 0.2) is 5.82 Å². The lowest BCUT2D eigenvalue weighted by molar-refractivity contribution is -0.115. The molecule has 1 N–H and O–H groups in total. The van der Waals surface area contributed by atoms with Gasteiger partial charge in [-0.3, -0.25) is 4.79 Å². The van der Waals surface area contributed by atoms with Crippen LogP contribution in [0.5, 0.6) is 0 Å². The lowest BCUT2D eigenvalue weighted by Crippen LogP contribution is -2.12. The maximum atomic E-state index is 11.7. The minimum atomic E-state index is -0.0477. The Balaban J connectivity index is 1.75. The average Bonchev–Trinajstić information content (AvgIpc) is 2.75. The molecule has 0 spiro atoms. The molecule has 0 aliphatic heterocycles. The lowest BCUT2D eigenvalue weighted by Gasteiger charge is -2.03. The summed E-state index contributed by atoms with van der Waals surface area (Å²) in [4.78, 5) is 12.9. The van der Waals surface area contributed by atoms with Crippen LogP contribution in [-0.2, 0) is 4.79 Å². The fourth-order valence-corrected chi connectivity index (χ4v) is 2.56. The first kappa shape index (κ1) is 13.7. The van der Waals surface area contributed by atoms with Gasteiger partial charge in [-0.25, -0.2) is 0 Å². The highest BCUT2D eigenvalue weighted by Crippen LogP contribution is 2.19. The van der Waals surface area contributed by atoms with Gasteiger partial charge in [0.05, 0.1) is 0 Å². The van der Waals surface area contributed by atoms with Crippen LogP contribution in [0.4, 0.5) is 5.82 Å². The van der Waals surface area contributed by atoms with Crippen LogP contribution in [0.3, 0.4) is 0 Å². The molecule has 2 rings (SSSR count). The quantitative estimate of drug-likeness (QED) is 0.850. The van der Waals surface area contributed by atoms with Gasteiger partial charge < -0.3 is 9.84 Å². The van der Waals surface area contributed by atoms with Crippen molar-refractivity contribution < 1.29 is 9.32 Å². The number of carbonyl (C=O) groups excluding carboxylic acids is 1. The summed E-state index contributed by atoms with van der Waals surface area (Å²) in [6.07, 6.45) is 0.449. The summed E-state index contributed by atoms with van der Waals surface area (Å²) in [5.74, 6) is 1.85. The van der Waals surface area contributed by atoms with E-state index in [1.54, 1.807) is 24.8 Å². The summed E-state index contributed by atoms with van der Waals surface area (Å²) in [6.45, 7) is 3.85. The van der Waals surface area contributed by atoms with Crippen LogP contribution in [0.15, 0.2) is 39.8 Å². The van der Waals surface area contributed by atoms with E-state index in [-0.39, 0.29) is 5.91 Å². The molecule has 19 heavy (non-hydrogen) atoms. The number of hydrogen-bond donors (Lipinski definition) is 1. The Labute approximate surface area is 116 Å². The van der Waals surface area contributed by atoms with E-state index < -0.39 is 0 Å². The average molecular weight is 276 g/mol. The molecule has 0 fully saturated rings. The van der Waals surface area contributed by atoms with Crippen LogP contribution in [0.25, 0.3) is 0 Å². The maximum Gasteiger partial charge on any atom is 0.226 e. The second-order valence-corrected chi connectivity index (χ2v) is 5.45. The fraction of sp³-hybridized carbons (Fsp3) is 0.286. The van der Waals surface area contributed by atoms with Gasteiger partial charge in [-0.1, -0.05) is 22.9 Å². The zero-order chi connectivity index (χ0) is 13.7. The van der Waals surface area contributed by atoms with Crippen LogP contribution in [0, 0.1) is 13.8 Å². The molecule has 1 aromatic carbocycles. The molecule has 0 saturated carbocycles. The molecule has 0 radical (unpaired) electrons. The van der Waals surface area contributed by atoms with Crippen molar-refractivity contribution in [3.63, 3.8) is 0 Å². The van der Waals surface area contributed by atoms with E-state index in [2.05, 4.69) is 35.6 Å². The Kier molecular flexibility index (Phi) is 4.63. The number of aromatic nitrogens is 1. The third kappa shape index (κ3) is 4.44. The Morgan fingerprint density at radius 3 is 2.89 bits per heavy atom. The molecule has 4 nitrogen and oxygen atoms in total. The first-order chi connectivity index (χ1) is 9.13. The van der Waals surface area contributed by atoms with Crippen molar-refractivity contribution >= 4 is 23.5 Å². The Morgan fingerprint density at radius 2 is 2.21 bits per heavy atom. The third-order valence-corrected chi connectivity index (χ3v) is 3.48. The van der Waals surface area contributed by atoms with Gasteiger partial charge in [0.1, 0.15) is 5.76 Å². The first-order valence-corrected chi connectivity index (χ1v) is 7.05. The number of nitrogens with zero attached hydrogens (tertiary/aromatic N) is 1. The topological polar surface area (TPSA) is 55.1 Å². The van der Waals surface area contributed by atoms with Gasteiger partial charge in [-0.05, 0) is 26.0 Å². The van der Waals surface area contributed by atoms with E-state index >= 15 is 0 Å². The van der Waals surface area contributed by atoms with Crippen molar-refractivity contribution in [2.75, 3.05) is 11.1 Å². The van der Waals surface area contributed by atoms with E-state index in [1.165, 1.54) is 10.5 Å². The van der Waals surface area contributed by atoms with Gasteiger partial charge >= 0.3 is 0 Å². The number of anilines is 1. The van der Waals surface area contributed by atoms with E-state index in [0.29, 0.717) is 18.0 Å². The number of aryl methyl sites for hydroxylation is 2. The summed E-state index contributed by atoms with van der Waals surface area (Å²) in [5, 5.41) is 6.42. The van der Waals surface area contributed by atoms with Crippen molar-refractivity contribution in [1.29, 1.82) is 0 Å². The second-order valence-electron chi connectivity index (χ2n) is 4.29. The van der Waals surface area contributed by atoms with E-state index in [9.17, 15) is 4.79 Å². The van der Waals surface area contributed by atoms with Gasteiger partial charge in [-0.15, -0.1) is 11.8 Å². The molecule has 5 heteroatoms. The number of thioether (sulfide) groups is 1. The molecular formula is C14H16N2O2S. The van der Waals surface area contributed by atoms with Crippen LogP contribution in [-0.4, -0.2) is 16.8 Å². The zero-order valence-corrected chi connectivity index (χ0v) is 11.8. The molecule has 100 valence electrons. The molecule has 1 heterocycles. The minimum absolute atomic E-state index is 0.0477. The van der Waals surface area contributed by atoms with Gasteiger partial charge in [-0.2, -0.15) is 0 Å². The third-order valence-electron chi connectivity index (χ3n) is 2.48. The predicted octanol–water partition coefficient (Wildman–Crippen LogP) is 3.41. The molecule has 1 aromatic heterocycles. The summed E-state index contributed by atoms with van der Waals surface area (Å²) in [6, 6.07) is 9.95. The molecule has 0 saturated heterocycles. The monoisotopic (exact) mass is 276 g/mol. The van der Waals surface area contributed by atoms with Crippen LogP contribution in [0.1, 0.15) is 17.7 Å². The molecule has 0 aliphatic rings. The highest BCUT2D eigenvalue weighted by molar-refractivity contribution is 7.99. The normalized spacial score (nSPS) is 10.4. The minimum Gasteiger partial charge on any atom is -0.360 e. The summed E-state index contributed by atoms with van der Waals surface area (Å²) >= 11 is 1.67. The Bertz CT molecular complexity index is 566. The summed E-state index contributed by atoms with van der Waals surface area (Å²) < 4.78 is 4.88. The Morgan fingerprint density at radius 1 is 1.37 bits per heavy atom. The van der Waals surface area contributed by atoms with Gasteiger partial charge in [0.25, 0.3) is 0 Å². The van der Waals surface area contributed by atoms with Gasteiger partial charge in [0, 0.05) is 23.1 Å². The molecule has 0 unspecified atom stereocenters. The van der Waals surface area contributed by atoms with Crippen molar-refractivity contribution in [1.82, 2.24) is 5.16 Å². The predicted molar refractivity (Wildman–Crippen MR) is 76.4 cm³/mol. The first-order valence-electron chi connectivity index (χ1n) is 6.06. The van der Waals surface area contributed by atoms with E-state index in [4.69, 9.17) is 4.52 Å². The molecule has 2 aromatic rings. The number of amides is 1. The largest absolute Gasteiger partial charge is 0.360 e. The van der Waals surface area contributed by atoms with Crippen molar-refractivity contribution in [3.8, 4) is 0 Å². The van der Waals surface area contributed by atoms with Gasteiger partial charge in [0.2, 0.25) is 5.91 Å². The fourth-order valence-electron chi connectivity index (χ4n) is 1.60. The second kappa shape index (κ2) is 6.43. The molecule has 0 bridgehead atoms. The van der Waals surface area contributed by atoms with Crippen molar-refractivity contribution in [3.05, 3.63) is 41.7 Å². The number of hydrogen-bond acceptors (Lipinski definition) is 4. The number of carbonyl (C=O) groups is 1. The number of nitrogens with one attached hydrogen (secondary N) is 1. The van der Waals surface area contributed by atoms with Crippen LogP contribution < -0.4 is 5.32 Å². The molecule has 0 aliphatic carbocycles. The summed E-state index contributed by atoms with van der Waals surface area (Å²) in [5.41, 5.74) is 1.23. The van der Waals surface area contributed by atoms with E-state index in [0.717, 1.165) is 5.75 Å². The van der Waals surface area contributed by atoms with Crippen LogP contribution in [0.2, 0.25) is 0 Å². The van der Waals surface area contributed by atoms with E-state index in [1.807, 2.05) is 6.07 Å². The lowest BCUT2D eigenvalue weighted by atomic mass is 10.2. The SMILES string of the molecule is Cc1cccc(SCCC(=O)Nc2cc(C)on2)c1. The van der Waals surface area contributed by atoms with Crippen molar-refractivity contribution in [2.45, 2.75) is 25.2 Å². The van der Waals surface area contributed by atoms with Crippen LogP contribution >= 0.6 is 11.8 Å². The standard InChI is InChI=1S/C14H16N2O2S/c1-10-4-3-5-12(8-10)19-7-6-14(17)15-13-9-11(2)18-16-13/h3-5,8-9H,6-7H2,1-2H3,(H,15,16,17).